The van der Waals surface area contributed by atoms with E-state index in [4.69, 9.17) is 0 Å². The van der Waals surface area contributed by atoms with Gasteiger partial charge in [0.05, 0.1) is 18.2 Å². The van der Waals surface area contributed by atoms with Gasteiger partial charge in [-0.1, -0.05) is 70.3 Å². The number of benzene rings is 1. The largest absolute Gasteiger partial charge is 0.350 e. The van der Waals surface area contributed by atoms with Crippen LogP contribution in [-0.4, -0.2) is 46.5 Å². The summed E-state index contributed by atoms with van der Waals surface area (Å²) in [6, 6.07) is 4.71. The fourth-order valence-electron chi connectivity index (χ4n) is 7.02. The fraction of sp³-hybridized carbons (Fsp3) is 0.636. The fourth-order valence-corrected chi connectivity index (χ4v) is 7.02. The molecule has 0 radical (unpaired) electrons. The van der Waals surface area contributed by atoms with Gasteiger partial charge in [0, 0.05) is 12.2 Å². The summed E-state index contributed by atoms with van der Waals surface area (Å²) in [4.78, 5) is 40.1. The summed E-state index contributed by atoms with van der Waals surface area (Å²) in [5.41, 5.74) is 0.580. The normalized spacial score (nSPS) is 17.9. The van der Waals surface area contributed by atoms with Crippen molar-refractivity contribution in [3.63, 3.8) is 0 Å². The number of amides is 3. The number of hydrogen-bond donors (Lipinski definition) is 3. The van der Waals surface area contributed by atoms with Gasteiger partial charge in [-0.05, 0) is 62.3 Å². The van der Waals surface area contributed by atoms with Gasteiger partial charge in [0.15, 0.2) is 0 Å². The molecule has 2 aliphatic carbocycles. The lowest BCUT2D eigenvalue weighted by molar-refractivity contribution is -0.123. The molecule has 11 heteroatoms. The minimum absolute atomic E-state index is 0.0574. The third-order valence-corrected chi connectivity index (χ3v) is 9.31. The Morgan fingerprint density at radius 2 is 1.52 bits per heavy atom. The zero-order valence-electron chi connectivity index (χ0n) is 26.0. The highest BCUT2D eigenvalue weighted by molar-refractivity contribution is 6.01. The molecule has 2 atom stereocenters. The molecule has 8 nitrogen and oxygen atoms in total. The summed E-state index contributed by atoms with van der Waals surface area (Å²) in [6.45, 7) is 4.57. The Labute approximate surface area is 257 Å². The molecule has 0 bridgehead atoms. The van der Waals surface area contributed by atoms with Gasteiger partial charge in [0.2, 0.25) is 11.8 Å². The standard InChI is InChI=1S/C33H46F3N5O3/c1-20(2)41-27(16-17-38-41)32(43)40-30(29(22-10-6-4-7-11-22)23-12-8-5-9-13-23)33(44)39-26-15-14-24(18-25(26)34)21(3)31(42)37-19-28(35)36/h14-18,20-23,28-30H,4-13,19H2,1-3H3,(H,37,42)(H,39,44)(H,40,43). The first-order valence-electron chi connectivity index (χ1n) is 16.1. The highest BCUT2D eigenvalue weighted by atomic mass is 19.3. The molecule has 242 valence electrons. The van der Waals surface area contributed by atoms with Crippen molar-refractivity contribution in [3.05, 3.63) is 47.5 Å². The molecule has 0 spiro atoms. The molecule has 2 fully saturated rings. The van der Waals surface area contributed by atoms with E-state index in [1.54, 1.807) is 16.9 Å². The molecule has 0 aliphatic heterocycles. The minimum Gasteiger partial charge on any atom is -0.350 e. The Balaban J connectivity index is 1.62. The molecule has 44 heavy (non-hydrogen) atoms. The van der Waals surface area contributed by atoms with Crippen molar-refractivity contribution in [1.82, 2.24) is 20.4 Å². The summed E-state index contributed by atoms with van der Waals surface area (Å²) in [7, 11) is 0. The summed E-state index contributed by atoms with van der Waals surface area (Å²) in [5.74, 6) is -2.72. The van der Waals surface area contributed by atoms with Gasteiger partial charge in [-0.15, -0.1) is 0 Å². The second-order valence-electron chi connectivity index (χ2n) is 12.7. The number of alkyl halides is 2. The Bertz CT molecular complexity index is 1250. The average Bonchev–Trinajstić information content (AvgIpc) is 3.52. The van der Waals surface area contributed by atoms with Crippen LogP contribution in [0.4, 0.5) is 18.9 Å². The van der Waals surface area contributed by atoms with Crippen LogP contribution in [0.5, 0.6) is 0 Å². The van der Waals surface area contributed by atoms with Gasteiger partial charge in [-0.3, -0.25) is 19.1 Å². The van der Waals surface area contributed by atoms with Gasteiger partial charge in [-0.2, -0.15) is 5.10 Å². The second kappa shape index (κ2) is 15.6. The number of nitrogens with one attached hydrogen (secondary N) is 3. The van der Waals surface area contributed by atoms with Crippen molar-refractivity contribution in [2.24, 2.45) is 17.8 Å². The smallest absolute Gasteiger partial charge is 0.270 e. The molecule has 2 saturated carbocycles. The van der Waals surface area contributed by atoms with Crippen LogP contribution < -0.4 is 16.0 Å². The van der Waals surface area contributed by atoms with E-state index < -0.39 is 48.5 Å². The highest BCUT2D eigenvalue weighted by Crippen LogP contribution is 2.42. The van der Waals surface area contributed by atoms with E-state index in [9.17, 15) is 23.2 Å². The van der Waals surface area contributed by atoms with Gasteiger partial charge in [0.1, 0.15) is 17.6 Å². The Hall–Kier alpha value is -3.37. The molecule has 2 aliphatic rings. The van der Waals surface area contributed by atoms with Crippen LogP contribution in [0.25, 0.3) is 0 Å². The Morgan fingerprint density at radius 3 is 2.07 bits per heavy atom. The Morgan fingerprint density at radius 1 is 0.909 bits per heavy atom. The second-order valence-corrected chi connectivity index (χ2v) is 12.7. The lowest BCUT2D eigenvalue weighted by Gasteiger charge is -2.42. The van der Waals surface area contributed by atoms with E-state index >= 15 is 4.39 Å². The highest BCUT2D eigenvalue weighted by Gasteiger charge is 2.41. The third kappa shape index (κ3) is 8.41. The molecule has 0 saturated heterocycles. The predicted molar refractivity (Wildman–Crippen MR) is 163 cm³/mol. The summed E-state index contributed by atoms with van der Waals surface area (Å²) in [5, 5.41) is 12.2. The van der Waals surface area contributed by atoms with Crippen molar-refractivity contribution in [2.45, 2.75) is 109 Å². The molecular formula is C33H46F3N5O3. The van der Waals surface area contributed by atoms with Crippen molar-refractivity contribution >= 4 is 23.4 Å². The molecule has 2 unspecified atom stereocenters. The van der Waals surface area contributed by atoms with Gasteiger partial charge >= 0.3 is 0 Å². The molecule has 1 aromatic heterocycles. The zero-order chi connectivity index (χ0) is 31.8. The molecule has 1 heterocycles. The number of hydrogen-bond acceptors (Lipinski definition) is 4. The maximum Gasteiger partial charge on any atom is 0.270 e. The summed E-state index contributed by atoms with van der Waals surface area (Å²) in [6.07, 6.45) is 9.44. The van der Waals surface area contributed by atoms with E-state index in [1.165, 1.54) is 19.1 Å². The monoisotopic (exact) mass is 617 g/mol. The van der Waals surface area contributed by atoms with E-state index in [0.29, 0.717) is 11.3 Å². The van der Waals surface area contributed by atoms with Crippen molar-refractivity contribution < 1.29 is 27.6 Å². The zero-order valence-corrected chi connectivity index (χ0v) is 26.0. The average molecular weight is 618 g/mol. The predicted octanol–water partition coefficient (Wildman–Crippen LogP) is 6.60. The summed E-state index contributed by atoms with van der Waals surface area (Å²) >= 11 is 0. The van der Waals surface area contributed by atoms with Crippen LogP contribution in [0.3, 0.4) is 0 Å². The third-order valence-electron chi connectivity index (χ3n) is 9.31. The van der Waals surface area contributed by atoms with Crippen LogP contribution in [0.1, 0.15) is 113 Å². The number of anilines is 1. The lowest BCUT2D eigenvalue weighted by atomic mass is 9.66. The minimum atomic E-state index is -2.69. The van der Waals surface area contributed by atoms with Gasteiger partial charge in [0.25, 0.3) is 12.3 Å². The number of rotatable bonds is 12. The van der Waals surface area contributed by atoms with Gasteiger partial charge in [-0.25, -0.2) is 13.2 Å². The molecule has 2 aromatic rings. The van der Waals surface area contributed by atoms with Crippen LogP contribution in [-0.2, 0) is 9.59 Å². The Kier molecular flexibility index (Phi) is 11.9. The molecule has 1 aromatic carbocycles. The molecular weight excluding hydrogens is 571 g/mol. The van der Waals surface area contributed by atoms with Crippen LogP contribution in [0.15, 0.2) is 30.5 Å². The number of nitrogens with zero attached hydrogens (tertiary/aromatic N) is 2. The molecule has 4 rings (SSSR count). The maximum atomic E-state index is 15.4. The van der Waals surface area contributed by atoms with Crippen molar-refractivity contribution in [3.8, 4) is 0 Å². The number of aromatic nitrogens is 2. The molecule has 3 amide bonds. The van der Waals surface area contributed by atoms with E-state index in [-0.39, 0.29) is 29.5 Å². The maximum absolute atomic E-state index is 15.4. The van der Waals surface area contributed by atoms with Crippen LogP contribution >= 0.6 is 0 Å². The lowest BCUT2D eigenvalue weighted by Crippen LogP contribution is -2.53. The van der Waals surface area contributed by atoms with Crippen LogP contribution in [0, 0.1) is 23.6 Å². The topological polar surface area (TPSA) is 105 Å². The van der Waals surface area contributed by atoms with E-state index in [2.05, 4.69) is 21.0 Å². The summed E-state index contributed by atoms with van der Waals surface area (Å²) < 4.78 is 42.1. The first kappa shape index (κ1) is 33.5. The van der Waals surface area contributed by atoms with Crippen LogP contribution in [0.2, 0.25) is 0 Å². The number of carbonyl (C=O) groups is 3. The first-order chi connectivity index (χ1) is 21.1. The quantitative estimate of drug-likeness (QED) is 0.250. The molecule has 3 N–H and O–H groups in total. The van der Waals surface area contributed by atoms with Crippen molar-refractivity contribution in [2.75, 3.05) is 11.9 Å². The SMILES string of the molecule is CC(C(=O)NCC(F)F)c1ccc(NC(=O)C(NC(=O)c2ccnn2C(C)C)C(C2CCCCC2)C2CCCCC2)c(F)c1. The van der Waals surface area contributed by atoms with Crippen molar-refractivity contribution in [1.29, 1.82) is 0 Å². The van der Waals surface area contributed by atoms with E-state index in [1.807, 2.05) is 13.8 Å². The number of halogens is 3. The van der Waals surface area contributed by atoms with E-state index in [0.717, 1.165) is 70.3 Å². The first-order valence-corrected chi connectivity index (χ1v) is 16.1. The number of carbonyl (C=O) groups excluding carboxylic acids is 3. The van der Waals surface area contributed by atoms with Gasteiger partial charge < -0.3 is 16.0 Å².